The molecular formula is C15H14ClNO2S. The molecule has 0 radical (unpaired) electrons. The quantitative estimate of drug-likeness (QED) is 0.688. The van der Waals surface area contributed by atoms with E-state index in [1.165, 1.54) is 5.56 Å². The number of nitrogens with two attached hydrogens (primary N) is 1. The standard InChI is InChI=1S/C15H14ClNO2S/c16-11-3-1-10(2-4-11)9-20-15-8-14-13(7-12(15)17)18-5-6-19-14/h1-4,7-8H,5-6,9,17H2. The molecule has 3 nitrogen and oxygen atoms in total. The highest BCUT2D eigenvalue weighted by Gasteiger charge is 2.14. The first-order chi connectivity index (χ1) is 9.72. The van der Waals surface area contributed by atoms with E-state index in [2.05, 4.69) is 0 Å². The molecule has 0 aromatic heterocycles. The number of rotatable bonds is 3. The molecule has 5 heteroatoms. The zero-order chi connectivity index (χ0) is 13.9. The maximum absolute atomic E-state index is 6.06. The molecule has 0 bridgehead atoms. The molecule has 2 aromatic carbocycles. The topological polar surface area (TPSA) is 44.5 Å². The van der Waals surface area contributed by atoms with Gasteiger partial charge in [0.15, 0.2) is 11.5 Å². The second kappa shape index (κ2) is 5.85. The van der Waals surface area contributed by atoms with Crippen LogP contribution in [0.3, 0.4) is 0 Å². The van der Waals surface area contributed by atoms with Crippen molar-refractivity contribution in [1.29, 1.82) is 0 Å². The molecule has 3 rings (SSSR count). The number of ether oxygens (including phenoxy) is 2. The SMILES string of the molecule is Nc1cc2c(cc1SCc1ccc(Cl)cc1)OCCO2. The van der Waals surface area contributed by atoms with Gasteiger partial charge in [-0.2, -0.15) is 0 Å². The molecule has 1 heterocycles. The van der Waals surface area contributed by atoms with E-state index in [0.717, 1.165) is 27.2 Å². The zero-order valence-corrected chi connectivity index (χ0v) is 12.3. The molecule has 20 heavy (non-hydrogen) atoms. The van der Waals surface area contributed by atoms with E-state index in [-0.39, 0.29) is 0 Å². The summed E-state index contributed by atoms with van der Waals surface area (Å²) in [6, 6.07) is 11.6. The number of hydrogen-bond donors (Lipinski definition) is 1. The normalized spacial score (nSPS) is 13.2. The molecule has 0 aliphatic carbocycles. The van der Waals surface area contributed by atoms with Gasteiger partial charge in [-0.3, -0.25) is 0 Å². The fourth-order valence-corrected chi connectivity index (χ4v) is 3.01. The number of thioether (sulfide) groups is 1. The Hall–Kier alpha value is -1.52. The van der Waals surface area contributed by atoms with Gasteiger partial charge in [-0.25, -0.2) is 0 Å². The van der Waals surface area contributed by atoms with Crippen LogP contribution < -0.4 is 15.2 Å². The van der Waals surface area contributed by atoms with Crippen molar-refractivity contribution in [3.63, 3.8) is 0 Å². The minimum atomic E-state index is 0.573. The Labute approximate surface area is 127 Å². The van der Waals surface area contributed by atoms with Gasteiger partial charge in [0.2, 0.25) is 0 Å². The van der Waals surface area contributed by atoms with Crippen molar-refractivity contribution in [2.24, 2.45) is 0 Å². The highest BCUT2D eigenvalue weighted by Crippen LogP contribution is 2.39. The average molecular weight is 308 g/mol. The largest absolute Gasteiger partial charge is 0.486 e. The van der Waals surface area contributed by atoms with Gasteiger partial charge >= 0.3 is 0 Å². The van der Waals surface area contributed by atoms with Crippen LogP contribution in [0.15, 0.2) is 41.3 Å². The summed E-state index contributed by atoms with van der Waals surface area (Å²) >= 11 is 7.55. The molecule has 1 aliphatic rings. The first kappa shape index (κ1) is 13.5. The van der Waals surface area contributed by atoms with Gasteiger partial charge in [-0.05, 0) is 23.8 Å². The number of anilines is 1. The first-order valence-corrected chi connectivity index (χ1v) is 7.65. The Morgan fingerprint density at radius 1 is 1.05 bits per heavy atom. The van der Waals surface area contributed by atoms with Gasteiger partial charge in [0.25, 0.3) is 0 Å². The van der Waals surface area contributed by atoms with Crippen LogP contribution in [0, 0.1) is 0 Å². The Morgan fingerprint density at radius 3 is 2.40 bits per heavy atom. The Kier molecular flexibility index (Phi) is 3.94. The fraction of sp³-hybridized carbons (Fsp3) is 0.200. The van der Waals surface area contributed by atoms with Crippen LogP contribution in [0.25, 0.3) is 0 Å². The van der Waals surface area contributed by atoms with Crippen molar-refractivity contribution in [1.82, 2.24) is 0 Å². The van der Waals surface area contributed by atoms with E-state index < -0.39 is 0 Å². The van der Waals surface area contributed by atoms with Crippen molar-refractivity contribution in [3.8, 4) is 11.5 Å². The van der Waals surface area contributed by atoms with Crippen LogP contribution in [0.5, 0.6) is 11.5 Å². The van der Waals surface area contributed by atoms with Gasteiger partial charge in [0.05, 0.1) is 0 Å². The first-order valence-electron chi connectivity index (χ1n) is 6.29. The third-order valence-corrected chi connectivity index (χ3v) is 4.38. The maximum atomic E-state index is 6.06. The van der Waals surface area contributed by atoms with Crippen molar-refractivity contribution < 1.29 is 9.47 Å². The molecule has 0 atom stereocenters. The van der Waals surface area contributed by atoms with Crippen LogP contribution in [0.1, 0.15) is 5.56 Å². The van der Waals surface area contributed by atoms with Crippen molar-refractivity contribution in [3.05, 3.63) is 47.0 Å². The predicted octanol–water partition coefficient (Wildman–Crippen LogP) is 3.99. The number of fused-ring (bicyclic) bond motifs is 1. The van der Waals surface area contributed by atoms with Crippen LogP contribution in [-0.2, 0) is 5.75 Å². The molecule has 0 fully saturated rings. The maximum Gasteiger partial charge on any atom is 0.163 e. The van der Waals surface area contributed by atoms with Crippen molar-refractivity contribution in [2.45, 2.75) is 10.6 Å². The highest BCUT2D eigenvalue weighted by molar-refractivity contribution is 7.98. The lowest BCUT2D eigenvalue weighted by Crippen LogP contribution is -2.15. The van der Waals surface area contributed by atoms with Gasteiger partial charge in [-0.15, -0.1) is 11.8 Å². The molecule has 0 saturated carbocycles. The summed E-state index contributed by atoms with van der Waals surface area (Å²) in [6.07, 6.45) is 0. The van der Waals surface area contributed by atoms with Crippen LogP contribution in [0.4, 0.5) is 5.69 Å². The van der Waals surface area contributed by atoms with Gasteiger partial charge < -0.3 is 15.2 Å². The third kappa shape index (κ3) is 2.97. The molecule has 0 spiro atoms. The number of nitrogen functional groups attached to an aromatic ring is 1. The summed E-state index contributed by atoms with van der Waals surface area (Å²) in [5, 5.41) is 0.748. The lowest BCUT2D eigenvalue weighted by Gasteiger charge is -2.20. The molecule has 0 amide bonds. The number of hydrogen-bond acceptors (Lipinski definition) is 4. The molecule has 2 aromatic rings. The van der Waals surface area contributed by atoms with E-state index >= 15 is 0 Å². The minimum Gasteiger partial charge on any atom is -0.486 e. The summed E-state index contributed by atoms with van der Waals surface area (Å²) < 4.78 is 11.1. The summed E-state index contributed by atoms with van der Waals surface area (Å²) in [5.41, 5.74) is 7.97. The number of halogens is 1. The van der Waals surface area contributed by atoms with Gasteiger partial charge in [0.1, 0.15) is 13.2 Å². The fourth-order valence-electron chi connectivity index (χ4n) is 1.95. The van der Waals surface area contributed by atoms with Gasteiger partial charge in [-0.1, -0.05) is 23.7 Å². The molecule has 2 N–H and O–H groups in total. The highest BCUT2D eigenvalue weighted by atomic mass is 35.5. The number of benzene rings is 2. The zero-order valence-electron chi connectivity index (χ0n) is 10.8. The van der Waals surface area contributed by atoms with Crippen LogP contribution in [-0.4, -0.2) is 13.2 Å². The molecule has 0 unspecified atom stereocenters. The summed E-state index contributed by atoms with van der Waals surface area (Å²) in [6.45, 7) is 1.15. The lowest BCUT2D eigenvalue weighted by atomic mass is 10.2. The molecule has 0 saturated heterocycles. The lowest BCUT2D eigenvalue weighted by molar-refractivity contribution is 0.171. The predicted molar refractivity (Wildman–Crippen MR) is 82.9 cm³/mol. The monoisotopic (exact) mass is 307 g/mol. The van der Waals surface area contributed by atoms with E-state index in [4.69, 9.17) is 26.8 Å². The average Bonchev–Trinajstić information content (AvgIpc) is 2.47. The van der Waals surface area contributed by atoms with Crippen molar-refractivity contribution >= 4 is 29.1 Å². The van der Waals surface area contributed by atoms with Crippen LogP contribution in [0.2, 0.25) is 5.02 Å². The smallest absolute Gasteiger partial charge is 0.163 e. The van der Waals surface area contributed by atoms with Gasteiger partial charge in [0, 0.05) is 27.4 Å². The second-order valence-corrected chi connectivity index (χ2v) is 5.90. The minimum absolute atomic E-state index is 0.573. The molecule has 1 aliphatic heterocycles. The van der Waals surface area contributed by atoms with E-state index in [1.807, 2.05) is 36.4 Å². The third-order valence-electron chi connectivity index (χ3n) is 2.98. The van der Waals surface area contributed by atoms with Crippen LogP contribution >= 0.6 is 23.4 Å². The van der Waals surface area contributed by atoms with E-state index in [9.17, 15) is 0 Å². The Morgan fingerprint density at radius 2 is 1.70 bits per heavy atom. The Balaban J connectivity index is 1.75. The summed E-state index contributed by atoms with van der Waals surface area (Å²) in [4.78, 5) is 1.00. The van der Waals surface area contributed by atoms with E-state index in [1.54, 1.807) is 11.8 Å². The van der Waals surface area contributed by atoms with E-state index in [0.29, 0.717) is 18.9 Å². The molecular weight excluding hydrogens is 294 g/mol. The summed E-state index contributed by atoms with van der Waals surface area (Å²) in [7, 11) is 0. The Bertz CT molecular complexity index is 616. The summed E-state index contributed by atoms with van der Waals surface area (Å²) in [5.74, 6) is 2.33. The molecule has 104 valence electrons. The second-order valence-electron chi connectivity index (χ2n) is 4.45. The van der Waals surface area contributed by atoms with Crippen molar-refractivity contribution in [2.75, 3.05) is 18.9 Å².